The number of thioether (sulfide) groups is 1. The van der Waals surface area contributed by atoms with Crippen molar-refractivity contribution in [2.45, 2.75) is 32.5 Å². The van der Waals surface area contributed by atoms with Gasteiger partial charge in [-0.3, -0.25) is 0 Å². The van der Waals surface area contributed by atoms with E-state index in [1.165, 1.54) is 5.75 Å². The first-order valence-corrected chi connectivity index (χ1v) is 5.72. The summed E-state index contributed by atoms with van der Waals surface area (Å²) in [5.41, 5.74) is 5.73. The molecule has 0 saturated carbocycles. The molecule has 1 rings (SSSR count). The molecule has 0 bridgehead atoms. The van der Waals surface area contributed by atoms with Gasteiger partial charge in [-0.2, -0.15) is 11.8 Å². The van der Waals surface area contributed by atoms with E-state index >= 15 is 0 Å². The zero-order valence-electron chi connectivity index (χ0n) is 8.17. The second-order valence-electron chi connectivity index (χ2n) is 3.85. The third-order valence-corrected chi connectivity index (χ3v) is 3.86. The highest BCUT2D eigenvalue weighted by molar-refractivity contribution is 7.99. The topological polar surface area (TPSA) is 35.2 Å². The maximum atomic E-state index is 5.91. The van der Waals surface area contributed by atoms with E-state index < -0.39 is 0 Å². The van der Waals surface area contributed by atoms with Crippen LogP contribution in [-0.4, -0.2) is 29.8 Å². The lowest BCUT2D eigenvalue weighted by atomic mass is 9.92. The van der Waals surface area contributed by atoms with Crippen LogP contribution in [0, 0.1) is 5.92 Å². The highest BCUT2D eigenvalue weighted by atomic mass is 32.2. The fourth-order valence-corrected chi connectivity index (χ4v) is 3.22. The van der Waals surface area contributed by atoms with Gasteiger partial charge in [-0.1, -0.05) is 6.92 Å². The summed E-state index contributed by atoms with van der Waals surface area (Å²) in [6.07, 6.45) is 0.287. The molecule has 0 aliphatic carbocycles. The van der Waals surface area contributed by atoms with Crippen molar-refractivity contribution in [1.82, 2.24) is 0 Å². The smallest absolute Gasteiger partial charge is 0.0930 e. The molecule has 0 aromatic rings. The molecule has 2 N–H and O–H groups in total. The highest BCUT2D eigenvalue weighted by Gasteiger charge is 2.41. The summed E-state index contributed by atoms with van der Waals surface area (Å²) in [7, 11) is 0. The van der Waals surface area contributed by atoms with Crippen LogP contribution in [0.5, 0.6) is 0 Å². The van der Waals surface area contributed by atoms with E-state index in [1.54, 1.807) is 0 Å². The Bertz CT molecular complexity index is 151. The minimum atomic E-state index is -0.0428. The zero-order valence-corrected chi connectivity index (χ0v) is 8.99. The van der Waals surface area contributed by atoms with Crippen molar-refractivity contribution in [2.75, 3.05) is 18.1 Å². The molecule has 12 heavy (non-hydrogen) atoms. The van der Waals surface area contributed by atoms with Gasteiger partial charge in [0.1, 0.15) is 0 Å². The minimum absolute atomic E-state index is 0.0428. The standard InChI is InChI=1S/C9H19NOS/c1-7(2)11-9(5-10)6-12-4-8(9)3/h7-8H,4-6,10H2,1-3H3. The van der Waals surface area contributed by atoms with Crippen LogP contribution >= 0.6 is 11.8 Å². The normalized spacial score (nSPS) is 36.2. The summed E-state index contributed by atoms with van der Waals surface area (Å²) in [4.78, 5) is 0. The first-order chi connectivity index (χ1) is 5.60. The van der Waals surface area contributed by atoms with Gasteiger partial charge in [-0.25, -0.2) is 0 Å². The van der Waals surface area contributed by atoms with E-state index in [9.17, 15) is 0 Å². The largest absolute Gasteiger partial charge is 0.370 e. The van der Waals surface area contributed by atoms with E-state index in [1.807, 2.05) is 11.8 Å². The van der Waals surface area contributed by atoms with Crippen molar-refractivity contribution in [3.8, 4) is 0 Å². The van der Waals surface area contributed by atoms with Crippen LogP contribution in [-0.2, 0) is 4.74 Å². The molecule has 0 amide bonds. The van der Waals surface area contributed by atoms with E-state index in [2.05, 4.69) is 20.8 Å². The van der Waals surface area contributed by atoms with Gasteiger partial charge in [-0.05, 0) is 25.5 Å². The molecule has 72 valence electrons. The maximum absolute atomic E-state index is 5.91. The average Bonchev–Trinajstić information content (AvgIpc) is 2.32. The van der Waals surface area contributed by atoms with Crippen LogP contribution in [0.1, 0.15) is 20.8 Å². The first kappa shape index (κ1) is 10.4. The fraction of sp³-hybridized carbons (Fsp3) is 1.00. The molecule has 2 nitrogen and oxygen atoms in total. The monoisotopic (exact) mass is 189 g/mol. The predicted octanol–water partition coefficient (Wildman–Crippen LogP) is 1.49. The van der Waals surface area contributed by atoms with Gasteiger partial charge < -0.3 is 10.5 Å². The Kier molecular flexibility index (Phi) is 3.44. The molecule has 2 unspecified atom stereocenters. The lowest BCUT2D eigenvalue weighted by Gasteiger charge is -2.33. The number of hydrogen-bond acceptors (Lipinski definition) is 3. The molecule has 0 aromatic carbocycles. The molecule has 2 atom stereocenters. The molecule has 1 heterocycles. The summed E-state index contributed by atoms with van der Waals surface area (Å²) >= 11 is 1.95. The summed E-state index contributed by atoms with van der Waals surface area (Å²) in [5, 5.41) is 0. The number of nitrogens with two attached hydrogens (primary N) is 1. The van der Waals surface area contributed by atoms with Crippen LogP contribution < -0.4 is 5.73 Å². The second kappa shape index (κ2) is 3.99. The van der Waals surface area contributed by atoms with Crippen LogP contribution in [0.3, 0.4) is 0 Å². The lowest BCUT2D eigenvalue weighted by Crippen LogP contribution is -2.47. The van der Waals surface area contributed by atoms with Gasteiger partial charge in [0.15, 0.2) is 0 Å². The Hall–Kier alpha value is 0.270. The van der Waals surface area contributed by atoms with Gasteiger partial charge in [-0.15, -0.1) is 0 Å². The van der Waals surface area contributed by atoms with Crippen LogP contribution in [0.15, 0.2) is 0 Å². The van der Waals surface area contributed by atoms with Gasteiger partial charge in [0.2, 0.25) is 0 Å². The minimum Gasteiger partial charge on any atom is -0.370 e. The Balaban J connectivity index is 2.61. The van der Waals surface area contributed by atoms with E-state index in [-0.39, 0.29) is 11.7 Å². The molecule has 0 aromatic heterocycles. The van der Waals surface area contributed by atoms with E-state index in [0.29, 0.717) is 12.5 Å². The van der Waals surface area contributed by atoms with Crippen molar-refractivity contribution in [1.29, 1.82) is 0 Å². The summed E-state index contributed by atoms with van der Waals surface area (Å²) in [6, 6.07) is 0. The summed E-state index contributed by atoms with van der Waals surface area (Å²) in [6.45, 7) is 7.04. The molecule has 3 heteroatoms. The predicted molar refractivity (Wildman–Crippen MR) is 54.5 cm³/mol. The SMILES string of the molecule is CC(C)OC1(CN)CSCC1C. The van der Waals surface area contributed by atoms with Crippen molar-refractivity contribution >= 4 is 11.8 Å². The Morgan fingerprint density at radius 3 is 2.67 bits per heavy atom. The molecule has 0 radical (unpaired) electrons. The molecule has 1 aliphatic rings. The molecular formula is C9H19NOS. The molecule has 1 fully saturated rings. The Morgan fingerprint density at radius 2 is 2.33 bits per heavy atom. The number of hydrogen-bond donors (Lipinski definition) is 1. The van der Waals surface area contributed by atoms with Gasteiger partial charge in [0, 0.05) is 12.3 Å². The fourth-order valence-electron chi connectivity index (χ4n) is 1.63. The first-order valence-electron chi connectivity index (χ1n) is 4.56. The van der Waals surface area contributed by atoms with E-state index in [0.717, 1.165) is 5.75 Å². The highest BCUT2D eigenvalue weighted by Crippen LogP contribution is 2.36. The average molecular weight is 189 g/mol. The summed E-state index contributed by atoms with van der Waals surface area (Å²) < 4.78 is 5.91. The van der Waals surface area contributed by atoms with Gasteiger partial charge in [0.25, 0.3) is 0 Å². The van der Waals surface area contributed by atoms with E-state index in [4.69, 9.17) is 10.5 Å². The molecule has 0 spiro atoms. The van der Waals surface area contributed by atoms with Crippen LogP contribution in [0.2, 0.25) is 0 Å². The Labute approximate surface area is 79.2 Å². The second-order valence-corrected chi connectivity index (χ2v) is 4.88. The van der Waals surface area contributed by atoms with Crippen LogP contribution in [0.25, 0.3) is 0 Å². The summed E-state index contributed by atoms with van der Waals surface area (Å²) in [5.74, 6) is 2.84. The lowest BCUT2D eigenvalue weighted by molar-refractivity contribution is -0.0807. The molecular weight excluding hydrogens is 170 g/mol. The van der Waals surface area contributed by atoms with Crippen molar-refractivity contribution < 1.29 is 4.74 Å². The molecule has 1 aliphatic heterocycles. The quantitative estimate of drug-likeness (QED) is 0.730. The van der Waals surface area contributed by atoms with Crippen molar-refractivity contribution in [2.24, 2.45) is 11.7 Å². The third-order valence-electron chi connectivity index (χ3n) is 2.43. The van der Waals surface area contributed by atoms with Crippen LogP contribution in [0.4, 0.5) is 0 Å². The number of ether oxygens (including phenoxy) is 1. The third kappa shape index (κ3) is 1.95. The zero-order chi connectivity index (χ0) is 9.19. The van der Waals surface area contributed by atoms with Gasteiger partial charge in [0.05, 0.1) is 11.7 Å². The number of rotatable bonds is 3. The maximum Gasteiger partial charge on any atom is 0.0930 e. The van der Waals surface area contributed by atoms with Crippen molar-refractivity contribution in [3.05, 3.63) is 0 Å². The van der Waals surface area contributed by atoms with Gasteiger partial charge >= 0.3 is 0 Å². The van der Waals surface area contributed by atoms with Crippen molar-refractivity contribution in [3.63, 3.8) is 0 Å². The molecule has 1 saturated heterocycles. The Morgan fingerprint density at radius 1 is 1.67 bits per heavy atom.